The maximum atomic E-state index is 12.5. The van der Waals surface area contributed by atoms with E-state index in [4.69, 9.17) is 10.5 Å². The summed E-state index contributed by atoms with van der Waals surface area (Å²) in [4.78, 5) is 0. The number of halogens is 1. The third-order valence-electron chi connectivity index (χ3n) is 4.67. The fourth-order valence-corrected chi connectivity index (χ4v) is 5.27. The fourth-order valence-electron chi connectivity index (χ4n) is 3.37. The average molecular weight is 355 g/mol. The molecule has 1 saturated heterocycles. The Morgan fingerprint density at radius 2 is 1.68 bits per heavy atom. The number of piperidine rings is 1. The van der Waals surface area contributed by atoms with Gasteiger partial charge in [0.2, 0.25) is 10.0 Å². The molecular weight excluding hydrogens is 324 g/mol. The summed E-state index contributed by atoms with van der Waals surface area (Å²) in [5.41, 5.74) is 5.44. The molecular formula is C15H31ClN2O3S. The molecule has 0 aromatic rings. The molecule has 0 aromatic heterocycles. The minimum Gasteiger partial charge on any atom is -0.378 e. The van der Waals surface area contributed by atoms with Crippen molar-refractivity contribution < 1.29 is 13.2 Å². The standard InChI is InChI=1S/C15H30N2O3S.ClH/c16-9-4-12-20-15-7-10-17(11-8-15)21(18,19)13-14-5-2-1-3-6-14;/h14-15H,1-13,16H2;1H. The van der Waals surface area contributed by atoms with Gasteiger partial charge >= 0.3 is 0 Å². The summed E-state index contributed by atoms with van der Waals surface area (Å²) in [5, 5.41) is 0. The molecule has 0 amide bonds. The van der Waals surface area contributed by atoms with Crippen LogP contribution >= 0.6 is 12.4 Å². The molecule has 1 heterocycles. The summed E-state index contributed by atoms with van der Waals surface area (Å²) in [6.45, 7) is 2.56. The first-order valence-electron chi connectivity index (χ1n) is 8.41. The molecule has 0 unspecified atom stereocenters. The molecule has 2 fully saturated rings. The highest BCUT2D eigenvalue weighted by Gasteiger charge is 2.30. The number of nitrogens with two attached hydrogens (primary N) is 1. The lowest BCUT2D eigenvalue weighted by molar-refractivity contribution is 0.0208. The van der Waals surface area contributed by atoms with Crippen molar-refractivity contribution in [2.75, 3.05) is 32.0 Å². The van der Waals surface area contributed by atoms with E-state index >= 15 is 0 Å². The Morgan fingerprint density at radius 1 is 1.05 bits per heavy atom. The fraction of sp³-hybridized carbons (Fsp3) is 1.00. The Labute approximate surface area is 141 Å². The Balaban J connectivity index is 0.00000242. The summed E-state index contributed by atoms with van der Waals surface area (Å²) in [6.07, 6.45) is 8.52. The van der Waals surface area contributed by atoms with Crippen LogP contribution in [-0.4, -0.2) is 50.8 Å². The van der Waals surface area contributed by atoms with Gasteiger partial charge in [0.1, 0.15) is 0 Å². The van der Waals surface area contributed by atoms with Crippen molar-refractivity contribution in [3.8, 4) is 0 Å². The van der Waals surface area contributed by atoms with Crippen LogP contribution in [0.4, 0.5) is 0 Å². The van der Waals surface area contributed by atoms with E-state index in [1.807, 2.05) is 0 Å². The molecule has 2 rings (SSSR count). The number of ether oxygens (including phenoxy) is 1. The summed E-state index contributed by atoms with van der Waals surface area (Å²) in [6, 6.07) is 0. The van der Waals surface area contributed by atoms with Gasteiger partial charge in [0, 0.05) is 19.7 Å². The van der Waals surface area contributed by atoms with Crippen LogP contribution in [0.15, 0.2) is 0 Å². The van der Waals surface area contributed by atoms with Crippen LogP contribution in [-0.2, 0) is 14.8 Å². The number of sulfonamides is 1. The number of hydrogen-bond acceptors (Lipinski definition) is 4. The molecule has 132 valence electrons. The smallest absolute Gasteiger partial charge is 0.214 e. The predicted octanol–water partition coefficient (Wildman–Crippen LogP) is 2.15. The summed E-state index contributed by atoms with van der Waals surface area (Å²) in [5.74, 6) is 0.730. The van der Waals surface area contributed by atoms with Crippen LogP contribution in [0.1, 0.15) is 51.4 Å². The van der Waals surface area contributed by atoms with Crippen LogP contribution in [0.2, 0.25) is 0 Å². The SMILES string of the molecule is Cl.NCCCOC1CCN(S(=O)(=O)CC2CCCCC2)CC1. The molecule has 2 aliphatic rings. The van der Waals surface area contributed by atoms with Crippen LogP contribution in [0.25, 0.3) is 0 Å². The average Bonchev–Trinajstić information content (AvgIpc) is 2.49. The third-order valence-corrected chi connectivity index (χ3v) is 6.71. The van der Waals surface area contributed by atoms with Gasteiger partial charge in [-0.25, -0.2) is 12.7 Å². The maximum absolute atomic E-state index is 12.5. The molecule has 5 nitrogen and oxygen atoms in total. The quantitative estimate of drug-likeness (QED) is 0.711. The van der Waals surface area contributed by atoms with E-state index in [-0.39, 0.29) is 18.5 Å². The molecule has 1 saturated carbocycles. The van der Waals surface area contributed by atoms with E-state index in [1.54, 1.807) is 4.31 Å². The molecule has 7 heteroatoms. The largest absolute Gasteiger partial charge is 0.378 e. The minimum absolute atomic E-state index is 0. The van der Waals surface area contributed by atoms with Crippen LogP contribution in [0, 0.1) is 5.92 Å². The number of nitrogens with zero attached hydrogens (tertiary/aromatic N) is 1. The summed E-state index contributed by atoms with van der Waals surface area (Å²) in [7, 11) is -3.07. The van der Waals surface area contributed by atoms with Gasteiger partial charge < -0.3 is 10.5 Å². The first-order chi connectivity index (χ1) is 10.1. The van der Waals surface area contributed by atoms with Gasteiger partial charge in [-0.1, -0.05) is 19.3 Å². The van der Waals surface area contributed by atoms with E-state index in [0.29, 0.717) is 37.9 Å². The second-order valence-corrected chi connectivity index (χ2v) is 8.41. The van der Waals surface area contributed by atoms with Gasteiger partial charge in [0.05, 0.1) is 11.9 Å². The molecule has 0 spiro atoms. The first-order valence-corrected chi connectivity index (χ1v) is 10.0. The van der Waals surface area contributed by atoms with Crippen LogP contribution in [0.5, 0.6) is 0 Å². The Morgan fingerprint density at radius 3 is 2.27 bits per heavy atom. The lowest BCUT2D eigenvalue weighted by Crippen LogP contribution is -2.43. The highest BCUT2D eigenvalue weighted by Crippen LogP contribution is 2.27. The minimum atomic E-state index is -3.07. The van der Waals surface area contributed by atoms with Gasteiger partial charge in [-0.2, -0.15) is 0 Å². The Bertz CT molecular complexity index is 392. The van der Waals surface area contributed by atoms with E-state index in [9.17, 15) is 8.42 Å². The molecule has 0 atom stereocenters. The van der Waals surface area contributed by atoms with Crippen LogP contribution in [0.3, 0.4) is 0 Å². The van der Waals surface area contributed by atoms with Gasteiger partial charge in [0.25, 0.3) is 0 Å². The van der Waals surface area contributed by atoms with Crippen molar-refractivity contribution in [3.05, 3.63) is 0 Å². The summed E-state index contributed by atoms with van der Waals surface area (Å²) >= 11 is 0. The maximum Gasteiger partial charge on any atom is 0.214 e. The Hall–Kier alpha value is 0.120. The molecule has 1 aliphatic heterocycles. The van der Waals surface area contributed by atoms with Crippen molar-refractivity contribution in [3.63, 3.8) is 0 Å². The number of hydrogen-bond donors (Lipinski definition) is 1. The highest BCUT2D eigenvalue weighted by atomic mass is 35.5. The van der Waals surface area contributed by atoms with Crippen molar-refractivity contribution in [1.82, 2.24) is 4.31 Å². The third kappa shape index (κ3) is 6.32. The lowest BCUT2D eigenvalue weighted by Gasteiger charge is -2.32. The van der Waals surface area contributed by atoms with Gasteiger partial charge in [-0.15, -0.1) is 12.4 Å². The number of rotatable bonds is 7. The topological polar surface area (TPSA) is 72.6 Å². The second kappa shape index (κ2) is 10.1. The van der Waals surface area contributed by atoms with Gasteiger partial charge in [0.15, 0.2) is 0 Å². The van der Waals surface area contributed by atoms with Crippen molar-refractivity contribution in [2.45, 2.75) is 57.5 Å². The van der Waals surface area contributed by atoms with Gasteiger partial charge in [-0.05, 0) is 44.6 Å². The van der Waals surface area contributed by atoms with E-state index in [0.717, 1.165) is 32.1 Å². The first kappa shape index (κ1) is 20.2. The van der Waals surface area contributed by atoms with Crippen LogP contribution < -0.4 is 5.73 Å². The van der Waals surface area contributed by atoms with E-state index < -0.39 is 10.0 Å². The molecule has 0 radical (unpaired) electrons. The molecule has 2 N–H and O–H groups in total. The van der Waals surface area contributed by atoms with E-state index in [2.05, 4.69) is 0 Å². The van der Waals surface area contributed by atoms with Gasteiger partial charge in [-0.3, -0.25) is 0 Å². The molecule has 1 aliphatic carbocycles. The van der Waals surface area contributed by atoms with E-state index in [1.165, 1.54) is 19.3 Å². The lowest BCUT2D eigenvalue weighted by atomic mass is 9.91. The van der Waals surface area contributed by atoms with Crippen molar-refractivity contribution >= 4 is 22.4 Å². The van der Waals surface area contributed by atoms with Crippen molar-refractivity contribution in [2.24, 2.45) is 11.7 Å². The van der Waals surface area contributed by atoms with Crippen molar-refractivity contribution in [1.29, 1.82) is 0 Å². The molecule has 22 heavy (non-hydrogen) atoms. The zero-order chi connectivity index (χ0) is 15.1. The monoisotopic (exact) mass is 354 g/mol. The predicted molar refractivity (Wildman–Crippen MR) is 91.8 cm³/mol. The Kier molecular flexibility index (Phi) is 9.24. The zero-order valence-corrected chi connectivity index (χ0v) is 15.0. The molecule has 0 bridgehead atoms. The normalized spacial score (nSPS) is 22.4. The second-order valence-electron chi connectivity index (χ2n) is 6.39. The molecule has 0 aromatic carbocycles. The zero-order valence-electron chi connectivity index (χ0n) is 13.4. The summed E-state index contributed by atoms with van der Waals surface area (Å²) < 4.78 is 32.4. The highest BCUT2D eigenvalue weighted by molar-refractivity contribution is 7.89.